The number of aryl methyl sites for hydroxylation is 1. The molecule has 1 saturated carbocycles. The lowest BCUT2D eigenvalue weighted by Crippen LogP contribution is -2.33. The monoisotopic (exact) mass is 397 g/mol. The molecule has 3 rings (SSSR count). The van der Waals surface area contributed by atoms with Crippen LogP contribution >= 0.6 is 0 Å². The van der Waals surface area contributed by atoms with Gasteiger partial charge in [-0.15, -0.1) is 0 Å². The van der Waals surface area contributed by atoms with Gasteiger partial charge in [-0.05, 0) is 56.2 Å². The second-order valence-corrected chi connectivity index (χ2v) is 9.70. The van der Waals surface area contributed by atoms with E-state index in [1.807, 2.05) is 17.0 Å². The van der Waals surface area contributed by atoms with E-state index in [-0.39, 0.29) is 5.91 Å². The van der Waals surface area contributed by atoms with Gasteiger partial charge < -0.3 is 4.90 Å². The molecule has 1 aromatic carbocycles. The predicted molar refractivity (Wildman–Crippen MR) is 123 cm³/mol. The van der Waals surface area contributed by atoms with Crippen LogP contribution < -0.4 is 0 Å². The number of hydrogen-bond donors (Lipinski definition) is 0. The Bertz CT molecular complexity index is 587. The van der Waals surface area contributed by atoms with Gasteiger partial charge in [-0.2, -0.15) is 0 Å². The summed E-state index contributed by atoms with van der Waals surface area (Å²) in [5, 5.41) is 0. The summed E-state index contributed by atoms with van der Waals surface area (Å²) in [6.07, 6.45) is 22.2. The van der Waals surface area contributed by atoms with E-state index in [4.69, 9.17) is 0 Å². The molecule has 2 heteroatoms. The van der Waals surface area contributed by atoms with Gasteiger partial charge in [0.2, 0.25) is 0 Å². The van der Waals surface area contributed by atoms with E-state index in [9.17, 15) is 4.79 Å². The molecule has 0 N–H and O–H groups in total. The highest BCUT2D eigenvalue weighted by Gasteiger charge is 2.25. The van der Waals surface area contributed by atoms with Crippen molar-refractivity contribution in [2.45, 2.75) is 116 Å². The van der Waals surface area contributed by atoms with Crippen molar-refractivity contribution < 1.29 is 4.79 Å². The third-order valence-electron chi connectivity index (χ3n) is 7.32. The summed E-state index contributed by atoms with van der Waals surface area (Å²) in [7, 11) is 0. The van der Waals surface area contributed by atoms with Gasteiger partial charge in [0.05, 0.1) is 0 Å². The molecule has 0 aromatic heterocycles. The minimum Gasteiger partial charge on any atom is -0.336 e. The maximum Gasteiger partial charge on any atom is 0.254 e. The van der Waals surface area contributed by atoms with Gasteiger partial charge in [0.1, 0.15) is 0 Å². The van der Waals surface area contributed by atoms with Crippen molar-refractivity contribution in [1.29, 1.82) is 0 Å². The Morgan fingerprint density at radius 2 is 1.48 bits per heavy atom. The minimum atomic E-state index is 0.213. The van der Waals surface area contributed by atoms with E-state index in [1.165, 1.54) is 89.0 Å². The van der Waals surface area contributed by atoms with Crippen LogP contribution in [-0.4, -0.2) is 23.4 Å². The fourth-order valence-corrected chi connectivity index (χ4v) is 5.34. The summed E-state index contributed by atoms with van der Waals surface area (Å²) in [6.45, 7) is 3.08. The molecule has 1 aromatic rings. The summed E-state index contributed by atoms with van der Waals surface area (Å²) in [5.74, 6) is 1.27. The normalized spacial score (nSPS) is 20.3. The Hall–Kier alpha value is -1.31. The Morgan fingerprint density at radius 1 is 0.828 bits per heavy atom. The first-order valence-corrected chi connectivity index (χ1v) is 12.6. The van der Waals surface area contributed by atoms with Gasteiger partial charge in [-0.1, -0.05) is 89.2 Å². The van der Waals surface area contributed by atoms with Gasteiger partial charge in [0, 0.05) is 18.2 Å². The number of carbonyl (C=O) groups excluding carboxylic acids is 1. The van der Waals surface area contributed by atoms with E-state index >= 15 is 0 Å². The maximum absolute atomic E-state index is 12.6. The SMILES string of the molecule is C[C@@H]1CCCN1C(=O)c1ccc(CCCCCCCCCC2CCCCC2)cc1. The van der Waals surface area contributed by atoms with Crippen molar-refractivity contribution in [1.82, 2.24) is 4.90 Å². The quantitative estimate of drug-likeness (QED) is 0.353. The number of unbranched alkanes of at least 4 members (excludes halogenated alkanes) is 6. The van der Waals surface area contributed by atoms with Crippen molar-refractivity contribution in [3.05, 3.63) is 35.4 Å². The van der Waals surface area contributed by atoms with Crippen LogP contribution in [0.15, 0.2) is 24.3 Å². The van der Waals surface area contributed by atoms with E-state index < -0.39 is 0 Å². The van der Waals surface area contributed by atoms with Crippen LogP contribution in [0.4, 0.5) is 0 Å². The average Bonchev–Trinajstić information content (AvgIpc) is 3.19. The Balaban J connectivity index is 1.21. The molecular formula is C27H43NO. The highest BCUT2D eigenvalue weighted by atomic mass is 16.2. The molecule has 2 aliphatic rings. The van der Waals surface area contributed by atoms with E-state index in [2.05, 4.69) is 19.1 Å². The van der Waals surface area contributed by atoms with Crippen LogP contribution in [0, 0.1) is 5.92 Å². The molecular weight excluding hydrogens is 354 g/mol. The molecule has 29 heavy (non-hydrogen) atoms. The molecule has 1 aliphatic carbocycles. The topological polar surface area (TPSA) is 20.3 Å². The van der Waals surface area contributed by atoms with Crippen LogP contribution in [0.1, 0.15) is 119 Å². The van der Waals surface area contributed by atoms with E-state index in [1.54, 1.807) is 0 Å². The molecule has 0 unspecified atom stereocenters. The number of amides is 1. The number of benzene rings is 1. The van der Waals surface area contributed by atoms with Gasteiger partial charge in [0.15, 0.2) is 0 Å². The predicted octanol–water partition coefficient (Wildman–Crippen LogP) is 7.55. The second-order valence-electron chi connectivity index (χ2n) is 9.70. The maximum atomic E-state index is 12.6. The van der Waals surface area contributed by atoms with Crippen LogP contribution in [0.3, 0.4) is 0 Å². The Kier molecular flexibility index (Phi) is 9.57. The number of rotatable bonds is 11. The lowest BCUT2D eigenvalue weighted by molar-refractivity contribution is 0.0747. The number of nitrogens with zero attached hydrogens (tertiary/aromatic N) is 1. The van der Waals surface area contributed by atoms with Gasteiger partial charge >= 0.3 is 0 Å². The van der Waals surface area contributed by atoms with E-state index in [0.717, 1.165) is 37.3 Å². The zero-order chi connectivity index (χ0) is 20.3. The summed E-state index contributed by atoms with van der Waals surface area (Å²) < 4.78 is 0. The first-order chi connectivity index (χ1) is 14.2. The summed E-state index contributed by atoms with van der Waals surface area (Å²) in [5.41, 5.74) is 2.24. The van der Waals surface area contributed by atoms with Crippen LogP contribution in [0.25, 0.3) is 0 Å². The lowest BCUT2D eigenvalue weighted by atomic mass is 9.85. The molecule has 1 atom stereocenters. The zero-order valence-corrected chi connectivity index (χ0v) is 18.8. The van der Waals surface area contributed by atoms with Crippen LogP contribution in [0.2, 0.25) is 0 Å². The van der Waals surface area contributed by atoms with Crippen molar-refractivity contribution >= 4 is 5.91 Å². The highest BCUT2D eigenvalue weighted by molar-refractivity contribution is 5.94. The third kappa shape index (κ3) is 7.46. The molecule has 1 saturated heterocycles. The first-order valence-electron chi connectivity index (χ1n) is 12.6. The third-order valence-corrected chi connectivity index (χ3v) is 7.32. The van der Waals surface area contributed by atoms with Crippen molar-refractivity contribution in [3.63, 3.8) is 0 Å². The molecule has 1 aliphatic heterocycles. The Labute approximate surface area is 179 Å². The average molecular weight is 398 g/mol. The van der Waals surface area contributed by atoms with Crippen molar-refractivity contribution in [2.24, 2.45) is 5.92 Å². The lowest BCUT2D eigenvalue weighted by Gasteiger charge is -2.21. The number of likely N-dealkylation sites (tertiary alicyclic amines) is 1. The molecule has 1 heterocycles. The van der Waals surface area contributed by atoms with E-state index in [0.29, 0.717) is 6.04 Å². The van der Waals surface area contributed by atoms with Gasteiger partial charge in [-0.3, -0.25) is 4.79 Å². The first kappa shape index (κ1) is 22.4. The van der Waals surface area contributed by atoms with Crippen molar-refractivity contribution in [3.8, 4) is 0 Å². The largest absolute Gasteiger partial charge is 0.336 e. The van der Waals surface area contributed by atoms with Gasteiger partial charge in [-0.25, -0.2) is 0 Å². The fraction of sp³-hybridized carbons (Fsp3) is 0.741. The molecule has 1 amide bonds. The van der Waals surface area contributed by atoms with Crippen LogP contribution in [-0.2, 0) is 6.42 Å². The number of hydrogen-bond acceptors (Lipinski definition) is 1. The molecule has 162 valence electrons. The molecule has 2 nitrogen and oxygen atoms in total. The second kappa shape index (κ2) is 12.4. The molecule has 0 spiro atoms. The minimum absolute atomic E-state index is 0.213. The molecule has 2 fully saturated rings. The highest BCUT2D eigenvalue weighted by Crippen LogP contribution is 2.28. The van der Waals surface area contributed by atoms with Crippen LogP contribution in [0.5, 0.6) is 0 Å². The standard InChI is InChI=1S/C27H43NO/c1-23-13-12-22-28(23)27(29)26-20-18-25(19-21-26)17-9-6-4-2-3-5-8-14-24-15-10-7-11-16-24/h18-21,23-24H,2-17,22H2,1H3/t23-/m1/s1. The summed E-state index contributed by atoms with van der Waals surface area (Å²) in [4.78, 5) is 14.6. The summed E-state index contributed by atoms with van der Waals surface area (Å²) in [6, 6.07) is 8.80. The van der Waals surface area contributed by atoms with Gasteiger partial charge in [0.25, 0.3) is 5.91 Å². The zero-order valence-electron chi connectivity index (χ0n) is 18.8. The smallest absolute Gasteiger partial charge is 0.254 e. The molecule has 0 radical (unpaired) electrons. The summed E-state index contributed by atoms with van der Waals surface area (Å²) >= 11 is 0. The Morgan fingerprint density at radius 3 is 2.14 bits per heavy atom. The van der Waals surface area contributed by atoms with Crippen molar-refractivity contribution in [2.75, 3.05) is 6.54 Å². The fourth-order valence-electron chi connectivity index (χ4n) is 5.34. The molecule has 0 bridgehead atoms. The number of carbonyl (C=O) groups is 1.